The van der Waals surface area contributed by atoms with Gasteiger partial charge >= 0.3 is 0 Å². The number of carbonyl (C=O) groups excluding carboxylic acids is 2. The molecule has 1 rings (SSSR count). The van der Waals surface area contributed by atoms with Crippen LogP contribution in [0.25, 0.3) is 0 Å². The van der Waals surface area contributed by atoms with Crippen molar-refractivity contribution in [3.8, 4) is 0 Å². The molecule has 0 aromatic rings. The van der Waals surface area contributed by atoms with Crippen LogP contribution in [-0.2, 0) is 9.59 Å². The minimum atomic E-state index is -0.105. The van der Waals surface area contributed by atoms with Gasteiger partial charge in [-0.3, -0.25) is 9.59 Å². The third-order valence-electron chi connectivity index (χ3n) is 3.78. The van der Waals surface area contributed by atoms with Crippen molar-refractivity contribution >= 4 is 11.8 Å². The first kappa shape index (κ1) is 16.0. The van der Waals surface area contributed by atoms with Crippen LogP contribution in [-0.4, -0.2) is 49.4 Å². The van der Waals surface area contributed by atoms with Crippen molar-refractivity contribution in [1.82, 2.24) is 15.5 Å². The highest BCUT2D eigenvalue weighted by atomic mass is 16.2. The Bertz CT molecular complexity index is 307. The topological polar surface area (TPSA) is 61.4 Å². The zero-order valence-corrected chi connectivity index (χ0v) is 12.4. The summed E-state index contributed by atoms with van der Waals surface area (Å²) in [5.74, 6) is 0.504. The van der Waals surface area contributed by atoms with E-state index in [1.807, 2.05) is 6.92 Å². The number of hydrogen-bond donors (Lipinski definition) is 2. The zero-order valence-electron chi connectivity index (χ0n) is 12.4. The Hall–Kier alpha value is -1.10. The van der Waals surface area contributed by atoms with Crippen molar-refractivity contribution < 1.29 is 9.59 Å². The van der Waals surface area contributed by atoms with E-state index in [-0.39, 0.29) is 24.4 Å². The van der Waals surface area contributed by atoms with Crippen LogP contribution in [0.4, 0.5) is 0 Å². The van der Waals surface area contributed by atoms with Gasteiger partial charge in [0, 0.05) is 26.1 Å². The highest BCUT2D eigenvalue weighted by molar-refractivity contribution is 5.84. The summed E-state index contributed by atoms with van der Waals surface area (Å²) < 4.78 is 0. The molecule has 1 saturated heterocycles. The summed E-state index contributed by atoms with van der Waals surface area (Å²) in [5.41, 5.74) is 0. The molecule has 0 saturated carbocycles. The minimum absolute atomic E-state index is 0.0803. The molecule has 1 fully saturated rings. The van der Waals surface area contributed by atoms with Gasteiger partial charge in [0.15, 0.2) is 0 Å². The van der Waals surface area contributed by atoms with Crippen molar-refractivity contribution in [1.29, 1.82) is 0 Å². The van der Waals surface area contributed by atoms with E-state index in [1.165, 1.54) is 12.8 Å². The third kappa shape index (κ3) is 5.19. The SMILES string of the molecule is CCCN(CC(=O)NC)C(=O)CC1NCCCC1C. The Morgan fingerprint density at radius 2 is 2.16 bits per heavy atom. The molecule has 0 aromatic carbocycles. The van der Waals surface area contributed by atoms with Crippen LogP contribution < -0.4 is 10.6 Å². The molecule has 0 aromatic heterocycles. The van der Waals surface area contributed by atoms with E-state index < -0.39 is 0 Å². The number of nitrogens with zero attached hydrogens (tertiary/aromatic N) is 1. The zero-order chi connectivity index (χ0) is 14.3. The van der Waals surface area contributed by atoms with E-state index in [0.717, 1.165) is 13.0 Å². The second kappa shape index (κ2) is 8.15. The van der Waals surface area contributed by atoms with Gasteiger partial charge in [-0.05, 0) is 31.7 Å². The largest absolute Gasteiger partial charge is 0.358 e. The molecule has 0 radical (unpaired) electrons. The molecule has 0 bridgehead atoms. The standard InChI is InChI=1S/C14H27N3O2/c1-4-8-17(10-13(18)15-3)14(19)9-12-11(2)6-5-7-16-12/h11-12,16H,4-10H2,1-3H3,(H,15,18). The summed E-state index contributed by atoms with van der Waals surface area (Å²) in [4.78, 5) is 25.4. The van der Waals surface area contributed by atoms with Crippen molar-refractivity contribution in [3.63, 3.8) is 0 Å². The number of hydrogen-bond acceptors (Lipinski definition) is 3. The molecular weight excluding hydrogens is 242 g/mol. The molecule has 2 atom stereocenters. The van der Waals surface area contributed by atoms with Gasteiger partial charge in [0.25, 0.3) is 0 Å². The number of rotatable bonds is 6. The van der Waals surface area contributed by atoms with Crippen LogP contribution >= 0.6 is 0 Å². The van der Waals surface area contributed by atoms with Gasteiger partial charge in [0.1, 0.15) is 0 Å². The van der Waals surface area contributed by atoms with Gasteiger partial charge < -0.3 is 15.5 Å². The van der Waals surface area contributed by atoms with Crippen molar-refractivity contribution in [2.45, 2.75) is 45.6 Å². The maximum Gasteiger partial charge on any atom is 0.239 e. The number of piperidine rings is 1. The average molecular weight is 269 g/mol. The molecule has 2 N–H and O–H groups in total. The maximum atomic E-state index is 12.3. The second-order valence-corrected chi connectivity index (χ2v) is 5.37. The molecule has 2 unspecified atom stereocenters. The van der Waals surface area contributed by atoms with Crippen molar-refractivity contribution in [3.05, 3.63) is 0 Å². The molecule has 0 spiro atoms. The van der Waals surface area contributed by atoms with Crippen LogP contribution in [0, 0.1) is 5.92 Å². The summed E-state index contributed by atoms with van der Waals surface area (Å²) in [6.07, 6.45) is 3.73. The quantitative estimate of drug-likeness (QED) is 0.748. The summed E-state index contributed by atoms with van der Waals surface area (Å²) in [7, 11) is 1.60. The molecule has 110 valence electrons. The summed E-state index contributed by atoms with van der Waals surface area (Å²) >= 11 is 0. The fraction of sp³-hybridized carbons (Fsp3) is 0.857. The lowest BCUT2D eigenvalue weighted by Gasteiger charge is -2.31. The first-order chi connectivity index (χ1) is 9.08. The second-order valence-electron chi connectivity index (χ2n) is 5.37. The molecular formula is C14H27N3O2. The molecule has 5 nitrogen and oxygen atoms in total. The summed E-state index contributed by atoms with van der Waals surface area (Å²) in [5, 5.41) is 5.99. The third-order valence-corrected chi connectivity index (χ3v) is 3.78. The van der Waals surface area contributed by atoms with Crippen LogP contribution in [0.5, 0.6) is 0 Å². The van der Waals surface area contributed by atoms with E-state index in [0.29, 0.717) is 18.9 Å². The molecule has 1 aliphatic heterocycles. The first-order valence-electron chi connectivity index (χ1n) is 7.30. The minimum Gasteiger partial charge on any atom is -0.358 e. The van der Waals surface area contributed by atoms with Crippen LogP contribution in [0.2, 0.25) is 0 Å². The van der Waals surface area contributed by atoms with Crippen LogP contribution in [0.1, 0.15) is 39.5 Å². The average Bonchev–Trinajstić information content (AvgIpc) is 2.40. The molecule has 2 amide bonds. The van der Waals surface area contributed by atoms with Crippen LogP contribution in [0.15, 0.2) is 0 Å². The van der Waals surface area contributed by atoms with Gasteiger partial charge in [-0.25, -0.2) is 0 Å². The van der Waals surface area contributed by atoms with Gasteiger partial charge in [-0.2, -0.15) is 0 Å². The number of nitrogens with one attached hydrogen (secondary N) is 2. The number of amides is 2. The Morgan fingerprint density at radius 3 is 2.74 bits per heavy atom. The lowest BCUT2D eigenvalue weighted by atomic mass is 9.90. The van der Waals surface area contributed by atoms with E-state index in [4.69, 9.17) is 0 Å². The van der Waals surface area contributed by atoms with Gasteiger partial charge in [0.05, 0.1) is 6.54 Å². The van der Waals surface area contributed by atoms with E-state index >= 15 is 0 Å². The molecule has 1 aliphatic rings. The monoisotopic (exact) mass is 269 g/mol. The Kier molecular flexibility index (Phi) is 6.84. The first-order valence-corrected chi connectivity index (χ1v) is 7.30. The Labute approximate surface area is 116 Å². The predicted octanol–water partition coefficient (Wildman–Crippen LogP) is 0.749. The fourth-order valence-electron chi connectivity index (χ4n) is 2.52. The van der Waals surface area contributed by atoms with Gasteiger partial charge in [-0.1, -0.05) is 13.8 Å². The summed E-state index contributed by atoms with van der Waals surface area (Å²) in [6.45, 7) is 6.02. The number of carbonyl (C=O) groups is 2. The molecule has 19 heavy (non-hydrogen) atoms. The van der Waals surface area contributed by atoms with E-state index in [1.54, 1.807) is 11.9 Å². The van der Waals surface area contributed by atoms with Crippen LogP contribution in [0.3, 0.4) is 0 Å². The Morgan fingerprint density at radius 1 is 1.42 bits per heavy atom. The Balaban J connectivity index is 2.52. The molecule has 0 aliphatic carbocycles. The predicted molar refractivity (Wildman–Crippen MR) is 75.7 cm³/mol. The maximum absolute atomic E-state index is 12.3. The highest BCUT2D eigenvalue weighted by Crippen LogP contribution is 2.18. The molecule has 1 heterocycles. The van der Waals surface area contributed by atoms with Gasteiger partial charge in [-0.15, -0.1) is 0 Å². The highest BCUT2D eigenvalue weighted by Gasteiger charge is 2.26. The lowest BCUT2D eigenvalue weighted by Crippen LogP contribution is -2.46. The van der Waals surface area contributed by atoms with E-state index in [2.05, 4.69) is 17.6 Å². The fourth-order valence-corrected chi connectivity index (χ4v) is 2.52. The molecule has 5 heteroatoms. The van der Waals surface area contributed by atoms with Crippen molar-refractivity contribution in [2.24, 2.45) is 5.92 Å². The lowest BCUT2D eigenvalue weighted by molar-refractivity contribution is -0.136. The normalized spacial score (nSPS) is 22.9. The smallest absolute Gasteiger partial charge is 0.239 e. The number of likely N-dealkylation sites (N-methyl/N-ethyl adjacent to an activating group) is 1. The summed E-state index contributed by atoms with van der Waals surface area (Å²) in [6, 6.07) is 0.255. The van der Waals surface area contributed by atoms with Crippen molar-refractivity contribution in [2.75, 3.05) is 26.7 Å². The van der Waals surface area contributed by atoms with E-state index in [9.17, 15) is 9.59 Å². The van der Waals surface area contributed by atoms with Gasteiger partial charge in [0.2, 0.25) is 11.8 Å².